The van der Waals surface area contributed by atoms with E-state index in [4.69, 9.17) is 10.6 Å². The lowest BCUT2D eigenvalue weighted by molar-refractivity contribution is 0.339. The van der Waals surface area contributed by atoms with E-state index in [2.05, 4.69) is 29.3 Å². The van der Waals surface area contributed by atoms with Crippen LogP contribution in [0, 0.1) is 5.92 Å². The fourth-order valence-electron chi connectivity index (χ4n) is 2.58. The van der Waals surface area contributed by atoms with E-state index in [1.165, 1.54) is 29.9 Å². The maximum atomic E-state index is 5.73. The van der Waals surface area contributed by atoms with Crippen molar-refractivity contribution < 1.29 is 4.74 Å². The highest BCUT2D eigenvalue weighted by Crippen LogP contribution is 2.31. The molecule has 0 amide bonds. The van der Waals surface area contributed by atoms with Crippen LogP contribution in [0.5, 0.6) is 5.75 Å². The van der Waals surface area contributed by atoms with Gasteiger partial charge in [-0.3, -0.25) is 11.3 Å². The van der Waals surface area contributed by atoms with Crippen molar-refractivity contribution in [3.63, 3.8) is 0 Å². The SMILES string of the molecule is CCOc1ccc(C(CC2CCSCC2)NN)cc1. The number of hydrogen-bond donors (Lipinski definition) is 2. The van der Waals surface area contributed by atoms with Crippen LogP contribution in [0.3, 0.4) is 0 Å². The second-order valence-electron chi connectivity index (χ2n) is 5.01. The Morgan fingerprint density at radius 3 is 2.58 bits per heavy atom. The largest absolute Gasteiger partial charge is 0.494 e. The maximum absolute atomic E-state index is 5.73. The summed E-state index contributed by atoms with van der Waals surface area (Å²) in [5.74, 6) is 10.1. The molecule has 0 radical (unpaired) electrons. The van der Waals surface area contributed by atoms with Gasteiger partial charge < -0.3 is 4.74 Å². The summed E-state index contributed by atoms with van der Waals surface area (Å²) in [4.78, 5) is 0. The molecule has 0 bridgehead atoms. The van der Waals surface area contributed by atoms with Crippen molar-refractivity contribution in [1.29, 1.82) is 0 Å². The normalized spacial score (nSPS) is 18.2. The average molecular weight is 280 g/mol. The van der Waals surface area contributed by atoms with Crippen LogP contribution >= 0.6 is 11.8 Å². The minimum Gasteiger partial charge on any atom is -0.494 e. The van der Waals surface area contributed by atoms with Crippen molar-refractivity contribution in [2.45, 2.75) is 32.2 Å². The van der Waals surface area contributed by atoms with Gasteiger partial charge in [-0.1, -0.05) is 12.1 Å². The van der Waals surface area contributed by atoms with Gasteiger partial charge in [0.2, 0.25) is 0 Å². The molecule has 1 aliphatic heterocycles. The third-order valence-corrected chi connectivity index (χ3v) is 4.75. The Hall–Kier alpha value is -0.710. The maximum Gasteiger partial charge on any atom is 0.119 e. The van der Waals surface area contributed by atoms with Gasteiger partial charge >= 0.3 is 0 Å². The van der Waals surface area contributed by atoms with Crippen molar-refractivity contribution in [2.24, 2.45) is 11.8 Å². The summed E-state index contributed by atoms with van der Waals surface area (Å²) in [6.45, 7) is 2.71. The Balaban J connectivity index is 1.95. The molecule has 3 N–H and O–H groups in total. The Kier molecular flexibility index (Phi) is 6.01. The van der Waals surface area contributed by atoms with E-state index in [1.807, 2.05) is 19.1 Å². The molecule has 1 heterocycles. The molecular weight excluding hydrogens is 256 g/mol. The van der Waals surface area contributed by atoms with Crippen LogP contribution in [0.25, 0.3) is 0 Å². The fourth-order valence-corrected chi connectivity index (χ4v) is 3.78. The molecule has 0 spiro atoms. The van der Waals surface area contributed by atoms with Crippen LogP contribution < -0.4 is 16.0 Å². The highest BCUT2D eigenvalue weighted by molar-refractivity contribution is 7.99. The third kappa shape index (κ3) is 4.41. The molecule has 0 saturated carbocycles. The standard InChI is InChI=1S/C15H24N2OS/c1-2-18-14-5-3-13(4-6-14)15(17-16)11-12-7-9-19-10-8-12/h3-6,12,15,17H,2,7-11,16H2,1H3. The zero-order valence-electron chi connectivity index (χ0n) is 11.6. The lowest BCUT2D eigenvalue weighted by Gasteiger charge is -2.26. The first kappa shape index (κ1) is 14.7. The molecule has 0 aliphatic carbocycles. The van der Waals surface area contributed by atoms with E-state index >= 15 is 0 Å². The van der Waals surface area contributed by atoms with Crippen LogP contribution in [0.2, 0.25) is 0 Å². The van der Waals surface area contributed by atoms with Crippen molar-refractivity contribution in [1.82, 2.24) is 5.43 Å². The zero-order valence-corrected chi connectivity index (χ0v) is 12.4. The number of thioether (sulfide) groups is 1. The van der Waals surface area contributed by atoms with Gasteiger partial charge in [-0.2, -0.15) is 11.8 Å². The van der Waals surface area contributed by atoms with Gasteiger partial charge in [0.25, 0.3) is 0 Å². The Morgan fingerprint density at radius 1 is 1.32 bits per heavy atom. The lowest BCUT2D eigenvalue weighted by atomic mass is 9.91. The van der Waals surface area contributed by atoms with Crippen molar-refractivity contribution in [2.75, 3.05) is 18.1 Å². The summed E-state index contributed by atoms with van der Waals surface area (Å²) >= 11 is 2.07. The monoisotopic (exact) mass is 280 g/mol. The lowest BCUT2D eigenvalue weighted by Crippen LogP contribution is -2.30. The number of benzene rings is 1. The van der Waals surface area contributed by atoms with Crippen molar-refractivity contribution in [3.05, 3.63) is 29.8 Å². The molecule has 2 rings (SSSR count). The van der Waals surface area contributed by atoms with Gasteiger partial charge in [-0.05, 0) is 61.3 Å². The van der Waals surface area contributed by atoms with Gasteiger partial charge in [0.1, 0.15) is 5.75 Å². The van der Waals surface area contributed by atoms with Gasteiger partial charge in [-0.25, -0.2) is 0 Å². The topological polar surface area (TPSA) is 47.3 Å². The van der Waals surface area contributed by atoms with E-state index in [-0.39, 0.29) is 6.04 Å². The first-order valence-corrected chi connectivity index (χ1v) is 8.25. The molecule has 0 aromatic heterocycles. The number of nitrogens with one attached hydrogen (secondary N) is 1. The molecular formula is C15H24N2OS. The van der Waals surface area contributed by atoms with Crippen molar-refractivity contribution >= 4 is 11.8 Å². The van der Waals surface area contributed by atoms with E-state index in [9.17, 15) is 0 Å². The number of ether oxygens (including phenoxy) is 1. The van der Waals surface area contributed by atoms with E-state index < -0.39 is 0 Å². The molecule has 1 unspecified atom stereocenters. The average Bonchev–Trinajstić information content (AvgIpc) is 2.47. The number of hydrogen-bond acceptors (Lipinski definition) is 4. The summed E-state index contributed by atoms with van der Waals surface area (Å²) in [5, 5.41) is 0. The fraction of sp³-hybridized carbons (Fsp3) is 0.600. The quantitative estimate of drug-likeness (QED) is 0.621. The third-order valence-electron chi connectivity index (χ3n) is 3.70. The second kappa shape index (κ2) is 7.78. The molecule has 106 valence electrons. The minimum absolute atomic E-state index is 0.253. The number of rotatable bonds is 6. The van der Waals surface area contributed by atoms with Crippen LogP contribution in [0.4, 0.5) is 0 Å². The summed E-state index contributed by atoms with van der Waals surface area (Å²) in [7, 11) is 0. The Bertz CT molecular complexity index is 363. The highest BCUT2D eigenvalue weighted by Gasteiger charge is 2.19. The molecule has 1 saturated heterocycles. The first-order chi connectivity index (χ1) is 9.33. The van der Waals surface area contributed by atoms with Gasteiger partial charge in [0.05, 0.1) is 6.61 Å². The number of nitrogens with two attached hydrogens (primary N) is 1. The molecule has 3 nitrogen and oxygen atoms in total. The molecule has 1 aromatic carbocycles. The van der Waals surface area contributed by atoms with Crippen LogP contribution in [-0.4, -0.2) is 18.1 Å². The van der Waals surface area contributed by atoms with Crippen molar-refractivity contribution in [3.8, 4) is 5.75 Å². The van der Waals surface area contributed by atoms with Gasteiger partial charge in [-0.15, -0.1) is 0 Å². The molecule has 1 fully saturated rings. The first-order valence-electron chi connectivity index (χ1n) is 7.10. The zero-order chi connectivity index (χ0) is 13.5. The highest BCUT2D eigenvalue weighted by atomic mass is 32.2. The Labute approximate surface area is 120 Å². The van der Waals surface area contributed by atoms with Gasteiger partial charge in [0, 0.05) is 6.04 Å². The summed E-state index contributed by atoms with van der Waals surface area (Å²) in [6.07, 6.45) is 3.77. The van der Waals surface area contributed by atoms with Crippen LogP contribution in [0.15, 0.2) is 24.3 Å². The van der Waals surface area contributed by atoms with Crippen LogP contribution in [-0.2, 0) is 0 Å². The second-order valence-corrected chi connectivity index (χ2v) is 6.24. The predicted octanol–water partition coefficient (Wildman–Crippen LogP) is 3.12. The van der Waals surface area contributed by atoms with Crippen LogP contribution in [0.1, 0.15) is 37.8 Å². The summed E-state index contributed by atoms with van der Waals surface area (Å²) in [5.41, 5.74) is 4.22. The molecule has 4 heteroatoms. The smallest absolute Gasteiger partial charge is 0.119 e. The van der Waals surface area contributed by atoms with Gasteiger partial charge in [0.15, 0.2) is 0 Å². The Morgan fingerprint density at radius 2 is 2.00 bits per heavy atom. The molecule has 19 heavy (non-hydrogen) atoms. The summed E-state index contributed by atoms with van der Waals surface area (Å²) in [6, 6.07) is 8.55. The van der Waals surface area contributed by atoms with E-state index in [0.29, 0.717) is 6.61 Å². The molecule has 1 aromatic rings. The molecule has 1 atom stereocenters. The molecule has 1 aliphatic rings. The predicted molar refractivity (Wildman–Crippen MR) is 82.3 cm³/mol. The van der Waals surface area contributed by atoms with E-state index in [0.717, 1.165) is 18.1 Å². The van der Waals surface area contributed by atoms with E-state index in [1.54, 1.807) is 0 Å². The summed E-state index contributed by atoms with van der Waals surface area (Å²) < 4.78 is 5.47. The minimum atomic E-state index is 0.253. The number of hydrazine groups is 1.